The van der Waals surface area contributed by atoms with Gasteiger partial charge in [0, 0.05) is 45.1 Å². The number of carbonyl (C=O) groups excluding carboxylic acids is 1. The second-order valence-electron chi connectivity index (χ2n) is 7.21. The molecule has 1 aliphatic heterocycles. The van der Waals surface area contributed by atoms with E-state index in [0.717, 1.165) is 49.1 Å². The zero-order valence-electron chi connectivity index (χ0n) is 17.7. The number of urea groups is 1. The number of hydrogen-bond acceptors (Lipinski definition) is 8. The van der Waals surface area contributed by atoms with Gasteiger partial charge in [0.25, 0.3) is 0 Å². The summed E-state index contributed by atoms with van der Waals surface area (Å²) in [5, 5.41) is 5.27. The molecular weight excluding hydrogens is 396 g/mol. The maximum atomic E-state index is 11.7. The number of nitrogens with zero attached hydrogens (tertiary/aromatic N) is 7. The third kappa shape index (κ3) is 5.12. The third-order valence-corrected chi connectivity index (χ3v) is 5.06. The number of hydrogen-bond donors (Lipinski definition) is 3. The van der Waals surface area contributed by atoms with Gasteiger partial charge in [-0.15, -0.1) is 0 Å². The van der Waals surface area contributed by atoms with Crippen molar-refractivity contribution < 1.29 is 4.79 Å². The van der Waals surface area contributed by atoms with Gasteiger partial charge < -0.3 is 15.2 Å². The molecule has 3 aromatic heterocycles. The van der Waals surface area contributed by atoms with Crippen molar-refractivity contribution in [3.05, 3.63) is 42.4 Å². The van der Waals surface area contributed by atoms with E-state index >= 15 is 0 Å². The number of aryl methyl sites for hydroxylation is 1. The number of nitrogens with one attached hydrogen (secondary N) is 3. The van der Waals surface area contributed by atoms with Crippen molar-refractivity contribution in [2.45, 2.75) is 20.4 Å². The predicted octanol–water partition coefficient (Wildman–Crippen LogP) is 1.43. The number of aromatic nitrogens is 6. The Morgan fingerprint density at radius 2 is 1.97 bits per heavy atom. The highest BCUT2D eigenvalue weighted by Crippen LogP contribution is 2.23. The fourth-order valence-corrected chi connectivity index (χ4v) is 3.54. The Morgan fingerprint density at radius 1 is 1.13 bits per heavy atom. The van der Waals surface area contributed by atoms with Gasteiger partial charge in [-0.3, -0.25) is 10.2 Å². The van der Waals surface area contributed by atoms with E-state index in [1.165, 1.54) is 6.33 Å². The first-order valence-corrected chi connectivity index (χ1v) is 10.3. The van der Waals surface area contributed by atoms with Crippen molar-refractivity contribution in [2.75, 3.05) is 42.9 Å². The lowest BCUT2D eigenvalue weighted by molar-refractivity contribution is 0.243. The van der Waals surface area contributed by atoms with Crippen molar-refractivity contribution in [3.8, 4) is 11.5 Å². The smallest absolute Gasteiger partial charge is 0.321 e. The van der Waals surface area contributed by atoms with Crippen LogP contribution < -0.4 is 15.5 Å². The summed E-state index contributed by atoms with van der Waals surface area (Å²) in [4.78, 5) is 41.0. The summed E-state index contributed by atoms with van der Waals surface area (Å²) in [5.41, 5.74) is 2.97. The van der Waals surface area contributed by atoms with Crippen molar-refractivity contribution in [2.24, 2.45) is 0 Å². The highest BCUT2D eigenvalue weighted by molar-refractivity contribution is 5.87. The first kappa shape index (κ1) is 20.7. The van der Waals surface area contributed by atoms with Crippen LogP contribution in [0, 0.1) is 6.92 Å². The van der Waals surface area contributed by atoms with Gasteiger partial charge in [-0.2, -0.15) is 4.98 Å². The lowest BCUT2D eigenvalue weighted by Crippen LogP contribution is -2.46. The standard InChI is InChI=1S/C20H26N10O/c1-3-21-20(31)28-19-25-13-24-17(27-19)12-29-8-10-30(11-9-29)16-5-4-15(26-14(16)2)18-22-6-7-23-18/h4-7,13H,3,8-12H2,1-2H3,(H,22,23)(H2,21,24,25,27,28,31). The van der Waals surface area contributed by atoms with Crippen molar-refractivity contribution in [3.63, 3.8) is 0 Å². The third-order valence-electron chi connectivity index (χ3n) is 5.06. The van der Waals surface area contributed by atoms with Gasteiger partial charge in [-0.25, -0.2) is 24.7 Å². The number of anilines is 2. The molecule has 1 aliphatic rings. The van der Waals surface area contributed by atoms with E-state index in [-0.39, 0.29) is 12.0 Å². The number of amides is 2. The number of rotatable bonds is 6. The molecule has 0 unspecified atom stereocenters. The van der Waals surface area contributed by atoms with Crippen LogP contribution in [0.25, 0.3) is 11.5 Å². The molecule has 3 aromatic rings. The minimum absolute atomic E-state index is 0.257. The maximum Gasteiger partial charge on any atom is 0.321 e. The largest absolute Gasteiger partial charge is 0.368 e. The summed E-state index contributed by atoms with van der Waals surface area (Å²) in [6, 6.07) is 3.79. The Balaban J connectivity index is 1.33. The molecule has 11 heteroatoms. The summed E-state index contributed by atoms with van der Waals surface area (Å²) in [6.45, 7) is 8.55. The summed E-state index contributed by atoms with van der Waals surface area (Å²) in [7, 11) is 0. The Morgan fingerprint density at radius 3 is 2.68 bits per heavy atom. The molecule has 11 nitrogen and oxygen atoms in total. The number of aromatic amines is 1. The van der Waals surface area contributed by atoms with Crippen molar-refractivity contribution in [1.29, 1.82) is 0 Å². The van der Waals surface area contributed by atoms with E-state index in [9.17, 15) is 4.79 Å². The fraction of sp³-hybridized carbons (Fsp3) is 0.400. The molecule has 1 saturated heterocycles. The van der Waals surface area contributed by atoms with Crippen LogP contribution in [0.4, 0.5) is 16.4 Å². The molecule has 0 radical (unpaired) electrons. The molecule has 0 bridgehead atoms. The van der Waals surface area contributed by atoms with Crippen LogP contribution in [0.2, 0.25) is 0 Å². The van der Waals surface area contributed by atoms with Gasteiger partial charge in [-0.05, 0) is 26.0 Å². The van der Waals surface area contributed by atoms with Crippen LogP contribution >= 0.6 is 0 Å². The number of imidazole rings is 1. The number of pyridine rings is 1. The van der Waals surface area contributed by atoms with Gasteiger partial charge >= 0.3 is 6.03 Å². The normalized spacial score (nSPS) is 14.5. The lowest BCUT2D eigenvalue weighted by atomic mass is 10.2. The van der Waals surface area contributed by atoms with Crippen LogP contribution in [-0.4, -0.2) is 73.6 Å². The molecule has 1 fully saturated rings. The van der Waals surface area contributed by atoms with Crippen LogP contribution in [0.1, 0.15) is 18.4 Å². The number of piperazine rings is 1. The zero-order chi connectivity index (χ0) is 21.6. The second kappa shape index (κ2) is 9.47. The topological polar surface area (TPSA) is 128 Å². The molecule has 4 heterocycles. The van der Waals surface area contributed by atoms with E-state index in [2.05, 4.69) is 51.4 Å². The summed E-state index contributed by atoms with van der Waals surface area (Å²) in [5.74, 6) is 1.67. The van der Waals surface area contributed by atoms with Gasteiger partial charge in [0.15, 0.2) is 5.82 Å². The molecule has 4 rings (SSSR count). The van der Waals surface area contributed by atoms with Crippen molar-refractivity contribution >= 4 is 17.7 Å². The monoisotopic (exact) mass is 422 g/mol. The average Bonchev–Trinajstić information content (AvgIpc) is 3.30. The minimum Gasteiger partial charge on any atom is -0.368 e. The molecule has 0 saturated carbocycles. The Labute approximate surface area is 180 Å². The molecular formula is C20H26N10O. The Kier molecular flexibility index (Phi) is 6.32. The number of H-pyrrole nitrogens is 1. The van der Waals surface area contributed by atoms with Crippen LogP contribution in [0.15, 0.2) is 30.9 Å². The van der Waals surface area contributed by atoms with E-state index in [0.29, 0.717) is 18.9 Å². The molecule has 3 N–H and O–H groups in total. The highest BCUT2D eigenvalue weighted by Gasteiger charge is 2.20. The summed E-state index contributed by atoms with van der Waals surface area (Å²) in [6.07, 6.45) is 4.95. The molecule has 162 valence electrons. The second-order valence-corrected chi connectivity index (χ2v) is 7.21. The van der Waals surface area contributed by atoms with Gasteiger partial charge in [0.1, 0.15) is 17.8 Å². The molecule has 0 aliphatic carbocycles. The van der Waals surface area contributed by atoms with Gasteiger partial charge in [-0.1, -0.05) is 0 Å². The summed E-state index contributed by atoms with van der Waals surface area (Å²) < 4.78 is 0. The molecule has 0 spiro atoms. The van der Waals surface area contributed by atoms with Crippen LogP contribution in [-0.2, 0) is 6.54 Å². The first-order chi connectivity index (χ1) is 15.1. The average molecular weight is 422 g/mol. The first-order valence-electron chi connectivity index (χ1n) is 10.3. The predicted molar refractivity (Wildman–Crippen MR) is 117 cm³/mol. The molecule has 0 atom stereocenters. The Bertz CT molecular complexity index is 1010. The highest BCUT2D eigenvalue weighted by atomic mass is 16.2. The van der Waals surface area contributed by atoms with E-state index in [1.54, 1.807) is 12.4 Å². The molecule has 31 heavy (non-hydrogen) atoms. The molecule has 0 aromatic carbocycles. The van der Waals surface area contributed by atoms with Crippen LogP contribution in [0.5, 0.6) is 0 Å². The fourth-order valence-electron chi connectivity index (χ4n) is 3.54. The van der Waals surface area contributed by atoms with Gasteiger partial charge in [0.2, 0.25) is 5.95 Å². The molecule has 2 amide bonds. The quantitative estimate of drug-likeness (QED) is 0.544. The van der Waals surface area contributed by atoms with E-state index < -0.39 is 0 Å². The van der Waals surface area contributed by atoms with Crippen molar-refractivity contribution in [1.82, 2.24) is 40.1 Å². The van der Waals surface area contributed by atoms with Gasteiger partial charge in [0.05, 0.1) is 17.9 Å². The van der Waals surface area contributed by atoms with Crippen LogP contribution in [0.3, 0.4) is 0 Å². The Hall–Kier alpha value is -3.60. The lowest BCUT2D eigenvalue weighted by Gasteiger charge is -2.36. The number of carbonyl (C=O) groups is 1. The van der Waals surface area contributed by atoms with E-state index in [4.69, 9.17) is 4.98 Å². The zero-order valence-corrected chi connectivity index (χ0v) is 17.7. The minimum atomic E-state index is -0.324. The SMILES string of the molecule is CCNC(=O)Nc1ncnc(CN2CCN(c3ccc(-c4ncc[nH]4)nc3C)CC2)n1. The van der Waals surface area contributed by atoms with E-state index in [1.807, 2.05) is 19.9 Å². The maximum absolute atomic E-state index is 11.7. The summed E-state index contributed by atoms with van der Waals surface area (Å²) >= 11 is 0.